The van der Waals surface area contributed by atoms with E-state index in [2.05, 4.69) is 52.1 Å². The van der Waals surface area contributed by atoms with Crippen LogP contribution in [0.3, 0.4) is 0 Å². The summed E-state index contributed by atoms with van der Waals surface area (Å²) in [6.45, 7) is 9.36. The van der Waals surface area contributed by atoms with Crippen LogP contribution in [0.2, 0.25) is 0 Å². The maximum absolute atomic E-state index is 4.82. The molecule has 132 valence electrons. The molecule has 1 fully saturated rings. The molecule has 0 aliphatic carbocycles. The quantitative estimate of drug-likeness (QED) is 0.857. The molecule has 5 nitrogen and oxygen atoms in total. The van der Waals surface area contributed by atoms with Gasteiger partial charge in [0.25, 0.3) is 0 Å². The largest absolute Gasteiger partial charge is 0.354 e. The third kappa shape index (κ3) is 3.67. The van der Waals surface area contributed by atoms with Gasteiger partial charge in [-0.05, 0) is 26.0 Å². The minimum absolute atomic E-state index is 0.897. The molecule has 0 spiro atoms. The first-order valence-electron chi connectivity index (χ1n) is 9.25. The number of hydrogen-bond donors (Lipinski definition) is 0. The summed E-state index contributed by atoms with van der Waals surface area (Å²) in [5, 5.41) is 0. The molecule has 0 atom stereocenters. The van der Waals surface area contributed by atoms with Crippen LogP contribution in [-0.4, -0.2) is 59.5 Å². The van der Waals surface area contributed by atoms with Gasteiger partial charge in [-0.3, -0.25) is 4.90 Å². The molecule has 4 rings (SSSR count). The molecule has 2 aromatic rings. The fraction of sp³-hybridized carbons (Fsp3) is 0.500. The molecule has 2 aliphatic rings. The van der Waals surface area contributed by atoms with Crippen LogP contribution >= 0.6 is 0 Å². The molecule has 1 saturated heterocycles. The van der Waals surface area contributed by atoms with E-state index < -0.39 is 0 Å². The maximum Gasteiger partial charge on any atom is 0.135 e. The normalized spacial score (nSPS) is 19.0. The molecular weight excluding hydrogens is 310 g/mol. The molecule has 0 radical (unpaired) electrons. The van der Waals surface area contributed by atoms with Crippen molar-refractivity contribution in [3.05, 3.63) is 53.0 Å². The summed E-state index contributed by atoms with van der Waals surface area (Å²) in [7, 11) is 2.19. The van der Waals surface area contributed by atoms with Crippen molar-refractivity contribution in [2.45, 2.75) is 26.4 Å². The Labute approximate surface area is 150 Å². The Hall–Kier alpha value is -1.98. The van der Waals surface area contributed by atoms with Gasteiger partial charge in [-0.25, -0.2) is 9.97 Å². The van der Waals surface area contributed by atoms with Crippen molar-refractivity contribution in [1.82, 2.24) is 19.8 Å². The Bertz CT molecular complexity index is 722. The molecule has 25 heavy (non-hydrogen) atoms. The second kappa shape index (κ2) is 7.10. The first-order chi connectivity index (χ1) is 12.2. The zero-order valence-electron chi connectivity index (χ0n) is 15.3. The van der Waals surface area contributed by atoms with Crippen molar-refractivity contribution >= 4 is 5.82 Å². The van der Waals surface area contributed by atoms with E-state index in [1.165, 1.54) is 22.6 Å². The van der Waals surface area contributed by atoms with E-state index in [4.69, 9.17) is 9.97 Å². The smallest absolute Gasteiger partial charge is 0.135 e. The second-order valence-electron chi connectivity index (χ2n) is 7.26. The Balaban J connectivity index is 1.54. The van der Waals surface area contributed by atoms with Crippen LogP contribution in [0, 0.1) is 6.92 Å². The van der Waals surface area contributed by atoms with E-state index in [9.17, 15) is 0 Å². The number of likely N-dealkylation sites (N-methyl/N-ethyl adjacent to an activating group) is 1. The van der Waals surface area contributed by atoms with Gasteiger partial charge in [-0.1, -0.05) is 30.3 Å². The Kier molecular flexibility index (Phi) is 4.68. The molecule has 0 bridgehead atoms. The van der Waals surface area contributed by atoms with E-state index in [0.717, 1.165) is 58.1 Å². The zero-order chi connectivity index (χ0) is 17.2. The molecule has 2 aliphatic heterocycles. The molecule has 0 saturated carbocycles. The minimum Gasteiger partial charge on any atom is -0.354 e. The average molecular weight is 337 g/mol. The van der Waals surface area contributed by atoms with Crippen LogP contribution in [0.5, 0.6) is 0 Å². The maximum atomic E-state index is 4.82. The van der Waals surface area contributed by atoms with E-state index in [1.807, 2.05) is 6.92 Å². The lowest BCUT2D eigenvalue weighted by atomic mass is 10.0. The lowest BCUT2D eigenvalue weighted by Gasteiger charge is -2.36. The predicted molar refractivity (Wildman–Crippen MR) is 101 cm³/mol. The van der Waals surface area contributed by atoms with E-state index >= 15 is 0 Å². The summed E-state index contributed by atoms with van der Waals surface area (Å²) in [5.41, 5.74) is 3.97. The minimum atomic E-state index is 0.897. The Morgan fingerprint density at radius 1 is 0.960 bits per heavy atom. The molecule has 0 amide bonds. The molecule has 0 unspecified atom stereocenters. The van der Waals surface area contributed by atoms with E-state index in [-0.39, 0.29) is 0 Å². The third-order valence-electron chi connectivity index (χ3n) is 5.29. The van der Waals surface area contributed by atoms with Crippen LogP contribution in [-0.2, 0) is 19.5 Å². The Morgan fingerprint density at radius 3 is 2.48 bits per heavy atom. The lowest BCUT2D eigenvalue weighted by molar-refractivity contribution is 0.240. The van der Waals surface area contributed by atoms with Gasteiger partial charge in [0.2, 0.25) is 0 Å². The van der Waals surface area contributed by atoms with Crippen LogP contribution in [0.4, 0.5) is 5.82 Å². The van der Waals surface area contributed by atoms with Gasteiger partial charge in [0, 0.05) is 51.4 Å². The van der Waals surface area contributed by atoms with Gasteiger partial charge in [0.15, 0.2) is 0 Å². The van der Waals surface area contributed by atoms with Crippen molar-refractivity contribution in [1.29, 1.82) is 0 Å². The molecule has 1 aromatic heterocycles. The van der Waals surface area contributed by atoms with Gasteiger partial charge in [0.05, 0.1) is 5.69 Å². The van der Waals surface area contributed by atoms with E-state index in [1.54, 1.807) is 0 Å². The summed E-state index contributed by atoms with van der Waals surface area (Å²) >= 11 is 0. The summed E-state index contributed by atoms with van der Waals surface area (Å²) in [5.74, 6) is 2.09. The highest BCUT2D eigenvalue weighted by Crippen LogP contribution is 2.27. The van der Waals surface area contributed by atoms with E-state index in [0.29, 0.717) is 0 Å². The lowest BCUT2D eigenvalue weighted by Crippen LogP contribution is -2.45. The second-order valence-corrected chi connectivity index (χ2v) is 7.26. The number of fused-ring (bicyclic) bond motifs is 1. The van der Waals surface area contributed by atoms with Crippen LogP contribution < -0.4 is 4.90 Å². The topological polar surface area (TPSA) is 35.5 Å². The molecule has 3 heterocycles. The number of benzene rings is 1. The van der Waals surface area contributed by atoms with Crippen molar-refractivity contribution in [2.75, 3.05) is 44.7 Å². The summed E-state index contributed by atoms with van der Waals surface area (Å²) in [4.78, 5) is 17.0. The first kappa shape index (κ1) is 16.5. The zero-order valence-corrected chi connectivity index (χ0v) is 15.3. The van der Waals surface area contributed by atoms with Crippen LogP contribution in [0.1, 0.15) is 22.6 Å². The molecule has 5 heteroatoms. The highest BCUT2D eigenvalue weighted by molar-refractivity contribution is 5.50. The number of hydrogen-bond acceptors (Lipinski definition) is 5. The summed E-state index contributed by atoms with van der Waals surface area (Å²) < 4.78 is 0. The number of anilines is 1. The third-order valence-corrected chi connectivity index (χ3v) is 5.29. The molecular formula is C20H27N5. The number of aryl methyl sites for hydroxylation is 1. The highest BCUT2D eigenvalue weighted by atomic mass is 15.3. The van der Waals surface area contributed by atoms with Crippen molar-refractivity contribution in [2.24, 2.45) is 0 Å². The van der Waals surface area contributed by atoms with Gasteiger partial charge in [-0.2, -0.15) is 0 Å². The summed E-state index contributed by atoms with van der Waals surface area (Å²) in [6, 6.07) is 10.7. The number of aromatic nitrogens is 2. The summed E-state index contributed by atoms with van der Waals surface area (Å²) in [6.07, 6.45) is 1.05. The fourth-order valence-corrected chi connectivity index (χ4v) is 3.84. The fourth-order valence-electron chi connectivity index (χ4n) is 3.84. The van der Waals surface area contributed by atoms with Crippen molar-refractivity contribution < 1.29 is 0 Å². The highest BCUT2D eigenvalue weighted by Gasteiger charge is 2.25. The Morgan fingerprint density at radius 2 is 1.72 bits per heavy atom. The molecule has 1 aromatic carbocycles. The van der Waals surface area contributed by atoms with Crippen LogP contribution in [0.15, 0.2) is 30.3 Å². The number of piperazine rings is 1. The van der Waals surface area contributed by atoms with Gasteiger partial charge in [-0.15, -0.1) is 0 Å². The molecule has 0 N–H and O–H groups in total. The predicted octanol–water partition coefficient (Wildman–Crippen LogP) is 2.10. The van der Waals surface area contributed by atoms with Gasteiger partial charge in [0.1, 0.15) is 11.6 Å². The van der Waals surface area contributed by atoms with Crippen molar-refractivity contribution in [3.8, 4) is 0 Å². The SMILES string of the molecule is Cc1nc2c(c(N3CCN(C)CC3)n1)CCN(Cc1ccccc1)C2. The number of nitrogens with zero attached hydrogens (tertiary/aromatic N) is 5. The van der Waals surface area contributed by atoms with Gasteiger partial charge < -0.3 is 9.80 Å². The first-order valence-corrected chi connectivity index (χ1v) is 9.25. The average Bonchev–Trinajstić information content (AvgIpc) is 2.62. The van der Waals surface area contributed by atoms with Gasteiger partial charge >= 0.3 is 0 Å². The standard InChI is InChI=1S/C20H27N5/c1-16-21-19-15-24(14-17-6-4-3-5-7-17)9-8-18(19)20(22-16)25-12-10-23(2)11-13-25/h3-7H,8-15H2,1-2H3. The monoisotopic (exact) mass is 337 g/mol. The number of rotatable bonds is 3. The van der Waals surface area contributed by atoms with Crippen molar-refractivity contribution in [3.63, 3.8) is 0 Å². The van der Waals surface area contributed by atoms with Crippen LogP contribution in [0.25, 0.3) is 0 Å².